The number of ether oxygens (including phenoxy) is 1. The van der Waals surface area contributed by atoms with Gasteiger partial charge in [-0.3, -0.25) is 0 Å². The number of aromatic hydroxyl groups is 1. The van der Waals surface area contributed by atoms with Crippen LogP contribution in [0.2, 0.25) is 10.0 Å². The van der Waals surface area contributed by atoms with Crippen LogP contribution in [0.4, 0.5) is 0 Å². The third-order valence-electron chi connectivity index (χ3n) is 1.19. The molecule has 1 rings (SSSR count). The number of phenols is 1. The fourth-order valence-corrected chi connectivity index (χ4v) is 1.37. The summed E-state index contributed by atoms with van der Waals surface area (Å²) in [4.78, 5) is 0. The van der Waals surface area contributed by atoms with Crippen LogP contribution >= 0.6 is 23.2 Å². The van der Waals surface area contributed by atoms with Crippen LogP contribution in [0.5, 0.6) is 11.5 Å². The van der Waals surface area contributed by atoms with Gasteiger partial charge < -0.3 is 9.84 Å². The van der Waals surface area contributed by atoms with Crippen molar-refractivity contribution in [1.29, 1.82) is 0 Å². The molecule has 1 aromatic carbocycles. The maximum absolute atomic E-state index is 8.99. The second kappa shape index (κ2) is 3.20. The van der Waals surface area contributed by atoms with Gasteiger partial charge in [-0.25, -0.2) is 0 Å². The Hall–Kier alpha value is -0.600. The Labute approximate surface area is 74.3 Å². The Bertz CT molecular complexity index is 250. The lowest BCUT2D eigenvalue weighted by atomic mass is 10.3. The second-order valence-corrected chi connectivity index (χ2v) is 2.76. The molecule has 1 N–H and O–H groups in total. The minimum absolute atomic E-state index is 0.0285. The number of halogens is 2. The lowest BCUT2D eigenvalue weighted by Crippen LogP contribution is -1.84. The minimum Gasteiger partial charge on any atom is -0.508 e. The zero-order chi connectivity index (χ0) is 8.43. The van der Waals surface area contributed by atoms with Crippen LogP contribution in [0.15, 0.2) is 12.1 Å². The molecule has 0 bridgehead atoms. The van der Waals surface area contributed by atoms with Crippen molar-refractivity contribution in [2.75, 3.05) is 7.11 Å². The summed E-state index contributed by atoms with van der Waals surface area (Å²) in [6.45, 7) is 0. The molecule has 0 saturated heterocycles. The molecule has 0 unspecified atom stereocenters. The molecule has 60 valence electrons. The van der Waals surface area contributed by atoms with Crippen LogP contribution in [0.3, 0.4) is 0 Å². The van der Waals surface area contributed by atoms with Gasteiger partial charge in [0.1, 0.15) is 5.75 Å². The first kappa shape index (κ1) is 8.50. The Kier molecular flexibility index (Phi) is 2.47. The predicted molar refractivity (Wildman–Crippen MR) is 44.7 cm³/mol. The topological polar surface area (TPSA) is 29.5 Å². The molecule has 0 spiro atoms. The Morgan fingerprint density at radius 1 is 1.27 bits per heavy atom. The van der Waals surface area contributed by atoms with E-state index < -0.39 is 0 Å². The molecule has 0 atom stereocenters. The zero-order valence-electron chi connectivity index (χ0n) is 5.77. The quantitative estimate of drug-likeness (QED) is 0.742. The van der Waals surface area contributed by atoms with Crippen LogP contribution in [-0.2, 0) is 0 Å². The average molecular weight is 193 g/mol. The monoisotopic (exact) mass is 192 g/mol. The van der Waals surface area contributed by atoms with E-state index in [4.69, 9.17) is 33.0 Å². The van der Waals surface area contributed by atoms with E-state index in [0.29, 0.717) is 15.8 Å². The van der Waals surface area contributed by atoms with Crippen molar-refractivity contribution >= 4 is 23.2 Å². The van der Waals surface area contributed by atoms with Gasteiger partial charge in [0, 0.05) is 12.1 Å². The minimum atomic E-state index is 0.0285. The largest absolute Gasteiger partial charge is 0.508 e. The van der Waals surface area contributed by atoms with Gasteiger partial charge >= 0.3 is 0 Å². The molecule has 2 nitrogen and oxygen atoms in total. The smallest absolute Gasteiger partial charge is 0.156 e. The van der Waals surface area contributed by atoms with Crippen LogP contribution in [0, 0.1) is 0 Å². The van der Waals surface area contributed by atoms with Crippen LogP contribution in [0.1, 0.15) is 0 Å². The molecule has 11 heavy (non-hydrogen) atoms. The van der Waals surface area contributed by atoms with Crippen molar-refractivity contribution in [3.8, 4) is 11.5 Å². The molecular weight excluding hydrogens is 187 g/mol. The summed E-state index contributed by atoms with van der Waals surface area (Å²) in [5, 5.41) is 9.60. The van der Waals surface area contributed by atoms with Crippen LogP contribution in [-0.4, -0.2) is 12.2 Å². The van der Waals surface area contributed by atoms with Gasteiger partial charge in [0.25, 0.3) is 0 Å². The van der Waals surface area contributed by atoms with Crippen molar-refractivity contribution in [3.63, 3.8) is 0 Å². The molecule has 0 saturated carbocycles. The maximum atomic E-state index is 8.99. The molecule has 0 aliphatic rings. The Morgan fingerprint density at radius 3 is 2.09 bits per heavy atom. The van der Waals surface area contributed by atoms with Crippen molar-refractivity contribution in [3.05, 3.63) is 22.2 Å². The molecule has 0 fully saturated rings. The summed E-state index contributed by atoms with van der Waals surface area (Å²) < 4.78 is 4.86. The van der Waals surface area contributed by atoms with E-state index in [9.17, 15) is 0 Å². The first-order chi connectivity index (χ1) is 5.15. The number of hydrogen-bond donors (Lipinski definition) is 1. The zero-order valence-corrected chi connectivity index (χ0v) is 7.28. The number of benzene rings is 1. The van der Waals surface area contributed by atoms with E-state index in [1.807, 2.05) is 0 Å². The van der Waals surface area contributed by atoms with E-state index in [-0.39, 0.29) is 5.75 Å². The number of methoxy groups -OCH3 is 1. The standard InChI is InChI=1S/C7H6Cl2O2/c1-11-7-5(8)2-4(10)3-6(7)9/h2-3,10H,1H3. The third kappa shape index (κ3) is 1.70. The molecule has 0 aliphatic carbocycles. The summed E-state index contributed by atoms with van der Waals surface area (Å²) in [6, 6.07) is 2.73. The van der Waals surface area contributed by atoms with Gasteiger partial charge in [-0.05, 0) is 0 Å². The summed E-state index contributed by atoms with van der Waals surface area (Å²) in [6.07, 6.45) is 0. The van der Waals surface area contributed by atoms with E-state index >= 15 is 0 Å². The van der Waals surface area contributed by atoms with Crippen molar-refractivity contribution in [2.24, 2.45) is 0 Å². The van der Waals surface area contributed by atoms with Gasteiger partial charge in [0.05, 0.1) is 17.2 Å². The maximum Gasteiger partial charge on any atom is 0.156 e. The molecular formula is C7H6Cl2O2. The molecule has 0 radical (unpaired) electrons. The fourth-order valence-electron chi connectivity index (χ4n) is 0.742. The van der Waals surface area contributed by atoms with Gasteiger partial charge in [0.15, 0.2) is 5.75 Å². The van der Waals surface area contributed by atoms with Gasteiger partial charge in [-0.1, -0.05) is 23.2 Å². The molecule has 0 amide bonds. The van der Waals surface area contributed by atoms with Crippen molar-refractivity contribution in [1.82, 2.24) is 0 Å². The first-order valence-electron chi connectivity index (χ1n) is 2.87. The second-order valence-electron chi connectivity index (χ2n) is 1.94. The Morgan fingerprint density at radius 2 is 1.73 bits per heavy atom. The SMILES string of the molecule is COc1c(Cl)cc(O)cc1Cl. The number of phenolic OH excluding ortho intramolecular Hbond substituents is 1. The Balaban J connectivity index is 3.25. The third-order valence-corrected chi connectivity index (χ3v) is 1.75. The highest BCUT2D eigenvalue weighted by Crippen LogP contribution is 2.35. The molecule has 0 aromatic heterocycles. The highest BCUT2D eigenvalue weighted by Gasteiger charge is 2.06. The van der Waals surface area contributed by atoms with Gasteiger partial charge in [0.2, 0.25) is 0 Å². The predicted octanol–water partition coefficient (Wildman–Crippen LogP) is 2.71. The normalized spacial score (nSPS) is 9.73. The van der Waals surface area contributed by atoms with Gasteiger partial charge in [-0.2, -0.15) is 0 Å². The summed E-state index contributed by atoms with van der Waals surface area (Å²) in [5.41, 5.74) is 0. The van der Waals surface area contributed by atoms with E-state index in [1.54, 1.807) is 0 Å². The molecule has 0 aliphatic heterocycles. The van der Waals surface area contributed by atoms with E-state index in [0.717, 1.165) is 0 Å². The summed E-state index contributed by atoms with van der Waals surface area (Å²) >= 11 is 11.3. The van der Waals surface area contributed by atoms with Crippen molar-refractivity contribution < 1.29 is 9.84 Å². The number of rotatable bonds is 1. The average Bonchev–Trinajstić information content (AvgIpc) is 1.85. The lowest BCUT2D eigenvalue weighted by Gasteiger charge is -2.04. The fraction of sp³-hybridized carbons (Fsp3) is 0.143. The first-order valence-corrected chi connectivity index (χ1v) is 3.62. The lowest BCUT2D eigenvalue weighted by molar-refractivity contribution is 0.413. The molecule has 1 aromatic rings. The number of hydrogen-bond acceptors (Lipinski definition) is 2. The van der Waals surface area contributed by atoms with Crippen LogP contribution in [0.25, 0.3) is 0 Å². The van der Waals surface area contributed by atoms with Gasteiger partial charge in [-0.15, -0.1) is 0 Å². The highest BCUT2D eigenvalue weighted by atomic mass is 35.5. The summed E-state index contributed by atoms with van der Waals surface area (Å²) in [5.74, 6) is 0.409. The highest BCUT2D eigenvalue weighted by molar-refractivity contribution is 6.37. The molecule has 0 heterocycles. The molecule has 4 heteroatoms. The van der Waals surface area contributed by atoms with E-state index in [1.165, 1.54) is 19.2 Å². The van der Waals surface area contributed by atoms with Crippen LogP contribution < -0.4 is 4.74 Å². The summed E-state index contributed by atoms with van der Waals surface area (Å²) in [7, 11) is 1.46. The van der Waals surface area contributed by atoms with Crippen molar-refractivity contribution in [2.45, 2.75) is 0 Å². The van der Waals surface area contributed by atoms with E-state index in [2.05, 4.69) is 0 Å².